The van der Waals surface area contributed by atoms with Gasteiger partial charge in [-0.2, -0.15) is 0 Å². The fourth-order valence-electron chi connectivity index (χ4n) is 4.97. The molecule has 0 radical (unpaired) electrons. The average molecular weight is 644 g/mol. The molecule has 1 heterocycles. The quantitative estimate of drug-likeness (QED) is 0.0542. The van der Waals surface area contributed by atoms with Gasteiger partial charge in [-0.1, -0.05) is 76.0 Å². The Morgan fingerprint density at radius 3 is 2.04 bits per heavy atom. The Hall–Kier alpha value is -1.67. The van der Waals surface area contributed by atoms with Crippen LogP contribution in [0.3, 0.4) is 0 Å². The summed E-state index contributed by atoms with van der Waals surface area (Å²) < 4.78 is 10.9. The van der Waals surface area contributed by atoms with Crippen LogP contribution >= 0.6 is 0 Å². The van der Waals surface area contributed by atoms with Gasteiger partial charge in [-0.15, -0.1) is 0 Å². The second-order valence-electron chi connectivity index (χ2n) is 11.8. The largest absolute Gasteiger partial charge is 0.394 e. The lowest BCUT2D eigenvalue weighted by atomic mass is 9.98. The molecule has 0 aromatic rings. The van der Waals surface area contributed by atoms with Crippen LogP contribution in [0.25, 0.3) is 0 Å². The van der Waals surface area contributed by atoms with Crippen LogP contribution < -0.4 is 5.32 Å². The molecule has 0 bridgehead atoms. The molecule has 0 aromatic carbocycles. The van der Waals surface area contributed by atoms with Crippen molar-refractivity contribution in [2.24, 2.45) is 0 Å². The summed E-state index contributed by atoms with van der Waals surface area (Å²) in [5, 5.41) is 74.6. The highest BCUT2D eigenvalue weighted by Crippen LogP contribution is 2.23. The van der Waals surface area contributed by atoms with E-state index in [9.17, 15) is 40.5 Å². The summed E-state index contributed by atoms with van der Waals surface area (Å²) in [5.74, 6) is -0.733. The second-order valence-corrected chi connectivity index (χ2v) is 11.8. The number of amides is 1. The fraction of sp³-hybridized carbons (Fsp3) is 0.794. The van der Waals surface area contributed by atoms with E-state index in [4.69, 9.17) is 9.47 Å². The minimum atomic E-state index is -1.67. The van der Waals surface area contributed by atoms with Gasteiger partial charge in [0.2, 0.25) is 5.91 Å². The third kappa shape index (κ3) is 17.2. The molecule has 45 heavy (non-hydrogen) atoms. The summed E-state index contributed by atoms with van der Waals surface area (Å²) in [6.07, 6.45) is 12.5. The normalized spacial score (nSPS) is 25.2. The molecule has 1 aliphatic rings. The monoisotopic (exact) mass is 643 g/mol. The molecule has 0 aliphatic carbocycles. The van der Waals surface area contributed by atoms with Crippen molar-refractivity contribution in [1.82, 2.24) is 5.32 Å². The van der Waals surface area contributed by atoms with Gasteiger partial charge in [0, 0.05) is 0 Å². The van der Waals surface area contributed by atoms with Crippen molar-refractivity contribution in [3.05, 3.63) is 36.5 Å². The van der Waals surface area contributed by atoms with Crippen LogP contribution in [0.2, 0.25) is 0 Å². The number of rotatable bonds is 25. The number of unbranched alkanes of at least 4 members (excludes halogenated alkanes) is 7. The first-order valence-electron chi connectivity index (χ1n) is 16.9. The molecule has 1 amide bonds. The van der Waals surface area contributed by atoms with Crippen LogP contribution in [0, 0.1) is 0 Å². The van der Waals surface area contributed by atoms with Gasteiger partial charge in [0.15, 0.2) is 6.29 Å². The molecule has 1 rings (SSSR count). The minimum Gasteiger partial charge on any atom is -0.394 e. The Morgan fingerprint density at radius 2 is 1.40 bits per heavy atom. The van der Waals surface area contributed by atoms with E-state index in [0.29, 0.717) is 19.3 Å². The third-order valence-corrected chi connectivity index (χ3v) is 7.90. The van der Waals surface area contributed by atoms with E-state index in [-0.39, 0.29) is 12.8 Å². The highest BCUT2D eigenvalue weighted by Gasteiger charge is 2.44. The number of carbonyl (C=O) groups is 1. The molecule has 8 N–H and O–H groups in total. The summed E-state index contributed by atoms with van der Waals surface area (Å²) in [5.41, 5.74) is 0. The number of aliphatic hydroxyl groups excluding tert-OH is 7. The Balaban J connectivity index is 2.71. The maximum atomic E-state index is 12.9. The maximum absolute atomic E-state index is 12.9. The Kier molecular flexibility index (Phi) is 23.4. The zero-order valence-corrected chi connectivity index (χ0v) is 27.3. The Bertz CT molecular complexity index is 836. The van der Waals surface area contributed by atoms with Crippen molar-refractivity contribution in [1.29, 1.82) is 0 Å². The molecular weight excluding hydrogens is 582 g/mol. The number of nitrogens with one attached hydrogen (secondary N) is 1. The third-order valence-electron chi connectivity index (χ3n) is 7.90. The first kappa shape index (κ1) is 41.4. The molecule has 11 nitrogen and oxygen atoms in total. The smallest absolute Gasteiger partial charge is 0.249 e. The molecule has 0 aromatic heterocycles. The van der Waals surface area contributed by atoms with Crippen LogP contribution in [0.4, 0.5) is 0 Å². The lowest BCUT2D eigenvalue weighted by Gasteiger charge is -2.40. The first-order valence-corrected chi connectivity index (χ1v) is 16.9. The topological polar surface area (TPSA) is 189 Å². The van der Waals surface area contributed by atoms with E-state index in [2.05, 4.69) is 49.5 Å². The zero-order chi connectivity index (χ0) is 33.5. The minimum absolute atomic E-state index is 0.227. The van der Waals surface area contributed by atoms with Crippen molar-refractivity contribution in [2.45, 2.75) is 159 Å². The summed E-state index contributed by atoms with van der Waals surface area (Å²) >= 11 is 0. The summed E-state index contributed by atoms with van der Waals surface area (Å²) in [6.45, 7) is 3.15. The summed E-state index contributed by atoms with van der Waals surface area (Å²) in [6, 6.07) is -1.19. The highest BCUT2D eigenvalue weighted by molar-refractivity contribution is 5.80. The van der Waals surface area contributed by atoms with Crippen molar-refractivity contribution in [3.63, 3.8) is 0 Å². The molecular formula is C34H61NO10. The van der Waals surface area contributed by atoms with E-state index >= 15 is 0 Å². The number of ether oxygens (including phenoxy) is 2. The van der Waals surface area contributed by atoms with Crippen LogP contribution in [-0.2, 0) is 14.3 Å². The van der Waals surface area contributed by atoms with Crippen molar-refractivity contribution in [3.8, 4) is 0 Å². The summed E-state index contributed by atoms with van der Waals surface area (Å²) in [7, 11) is 0. The number of carbonyl (C=O) groups excluding carboxylic acids is 1. The predicted octanol–water partition coefficient (Wildman–Crippen LogP) is 2.54. The molecule has 1 saturated heterocycles. The maximum Gasteiger partial charge on any atom is 0.249 e. The van der Waals surface area contributed by atoms with Gasteiger partial charge in [-0.3, -0.25) is 4.79 Å². The van der Waals surface area contributed by atoms with Crippen LogP contribution in [0.5, 0.6) is 0 Å². The number of aliphatic hydroxyl groups is 7. The number of hydrogen-bond donors (Lipinski definition) is 8. The highest BCUT2D eigenvalue weighted by atomic mass is 16.7. The average Bonchev–Trinajstić information content (AvgIpc) is 3.04. The van der Waals surface area contributed by atoms with Gasteiger partial charge < -0.3 is 50.5 Å². The van der Waals surface area contributed by atoms with Crippen molar-refractivity contribution >= 4 is 5.91 Å². The molecule has 9 atom stereocenters. The van der Waals surface area contributed by atoms with Crippen LogP contribution in [-0.4, -0.2) is 110 Å². The molecule has 9 unspecified atom stereocenters. The van der Waals surface area contributed by atoms with Crippen molar-refractivity contribution < 1.29 is 50.0 Å². The van der Waals surface area contributed by atoms with Gasteiger partial charge in [0.05, 0.1) is 25.4 Å². The Labute approximate surface area is 269 Å². The van der Waals surface area contributed by atoms with Gasteiger partial charge in [0.25, 0.3) is 0 Å². The Morgan fingerprint density at radius 1 is 0.778 bits per heavy atom. The lowest BCUT2D eigenvalue weighted by molar-refractivity contribution is -0.303. The van der Waals surface area contributed by atoms with E-state index in [1.54, 1.807) is 0 Å². The summed E-state index contributed by atoms with van der Waals surface area (Å²) in [4.78, 5) is 12.9. The first-order chi connectivity index (χ1) is 21.7. The van der Waals surface area contributed by atoms with Crippen LogP contribution in [0.15, 0.2) is 36.5 Å². The van der Waals surface area contributed by atoms with Crippen LogP contribution in [0.1, 0.15) is 104 Å². The molecule has 262 valence electrons. The lowest BCUT2D eigenvalue weighted by Crippen LogP contribution is -2.60. The molecule has 1 fully saturated rings. The van der Waals surface area contributed by atoms with E-state index in [1.165, 1.54) is 6.42 Å². The zero-order valence-electron chi connectivity index (χ0n) is 27.3. The SMILES string of the molecule is CC/C=C/CC/C=C/CCCC(O)C(O)C(COC1OC(CO)C(O)C(O)C1O)NC(=O)C(O)CCCCC/C=C\CCCC. The van der Waals surface area contributed by atoms with Gasteiger partial charge >= 0.3 is 0 Å². The van der Waals surface area contributed by atoms with E-state index in [0.717, 1.165) is 51.4 Å². The molecule has 1 aliphatic heterocycles. The predicted molar refractivity (Wildman–Crippen MR) is 173 cm³/mol. The van der Waals surface area contributed by atoms with E-state index in [1.807, 2.05) is 6.08 Å². The second kappa shape index (κ2) is 25.4. The number of allylic oxidation sites excluding steroid dienone is 6. The molecule has 11 heteroatoms. The van der Waals surface area contributed by atoms with Gasteiger partial charge in [-0.25, -0.2) is 0 Å². The van der Waals surface area contributed by atoms with Crippen molar-refractivity contribution in [2.75, 3.05) is 13.2 Å². The molecule has 0 saturated carbocycles. The standard InChI is InChI=1S/C34H61NO10/c1-3-5-7-9-11-13-15-17-19-21-26(37)29(39)25(24-44-34-32(42)31(41)30(40)28(23-36)45-34)35-33(43)27(38)22-20-18-16-14-12-10-8-6-4-2/h5,7,10,12-13,15,25-32,34,36-42H,3-4,6,8-9,11,14,16-24H2,1-2H3,(H,35,43)/b7-5+,12-10-,15-13+. The van der Waals surface area contributed by atoms with Gasteiger partial charge in [-0.05, 0) is 64.2 Å². The van der Waals surface area contributed by atoms with Gasteiger partial charge in [0.1, 0.15) is 36.6 Å². The molecule has 0 spiro atoms. The fourth-order valence-corrected chi connectivity index (χ4v) is 4.97. The van der Waals surface area contributed by atoms with E-state index < -0.39 is 74.2 Å². The number of hydrogen-bond acceptors (Lipinski definition) is 10.